The molecular weight excluding hydrogens is 482 g/mol. The zero-order valence-corrected chi connectivity index (χ0v) is 21.2. The average molecular weight is 506 g/mol. The molecule has 3 aromatic heterocycles. The predicted octanol–water partition coefficient (Wildman–Crippen LogP) is 3.91. The Hall–Kier alpha value is -4.11. The molecule has 1 aliphatic heterocycles. The fourth-order valence-electron chi connectivity index (χ4n) is 4.73. The Kier molecular flexibility index (Phi) is 5.80. The molecule has 0 radical (unpaired) electrons. The third-order valence-electron chi connectivity index (χ3n) is 6.44. The van der Waals surface area contributed by atoms with Gasteiger partial charge in [0.25, 0.3) is 11.5 Å². The summed E-state index contributed by atoms with van der Waals surface area (Å²) < 4.78 is 14.1. The van der Waals surface area contributed by atoms with Gasteiger partial charge in [-0.2, -0.15) is 4.98 Å². The lowest BCUT2D eigenvalue weighted by Gasteiger charge is -2.28. The molecule has 4 aromatic rings. The van der Waals surface area contributed by atoms with Gasteiger partial charge in [-0.15, -0.1) is 0 Å². The van der Waals surface area contributed by atoms with Crippen LogP contribution in [0.25, 0.3) is 11.3 Å². The van der Waals surface area contributed by atoms with Crippen LogP contribution in [-0.2, 0) is 14.1 Å². The van der Waals surface area contributed by atoms with E-state index in [1.165, 1.54) is 18.8 Å². The Morgan fingerprint density at radius 2 is 1.72 bits per heavy atom. The molecule has 0 spiro atoms. The molecule has 1 amide bonds. The normalized spacial score (nSPS) is 14.8. The number of aromatic nitrogens is 4. The number of hydrogen-bond donors (Lipinski definition) is 0. The van der Waals surface area contributed by atoms with Crippen molar-refractivity contribution in [3.63, 3.8) is 0 Å². The number of carbonyl (C=O) groups is 1. The van der Waals surface area contributed by atoms with Gasteiger partial charge in [0, 0.05) is 37.1 Å². The van der Waals surface area contributed by atoms with Crippen LogP contribution in [0.3, 0.4) is 0 Å². The number of halogens is 1. The number of hydrogen-bond acceptors (Lipinski definition) is 6. The van der Waals surface area contributed by atoms with Gasteiger partial charge in [0.1, 0.15) is 6.04 Å². The molecule has 1 atom stereocenters. The topological polar surface area (TPSA) is 91.5 Å². The molecule has 36 heavy (non-hydrogen) atoms. The van der Waals surface area contributed by atoms with Crippen LogP contribution >= 0.6 is 11.6 Å². The van der Waals surface area contributed by atoms with E-state index in [4.69, 9.17) is 21.1 Å². The van der Waals surface area contributed by atoms with Gasteiger partial charge in [0.05, 0.1) is 42.4 Å². The van der Waals surface area contributed by atoms with E-state index < -0.39 is 6.04 Å². The van der Waals surface area contributed by atoms with E-state index in [-0.39, 0.29) is 17.5 Å². The molecule has 1 aromatic carbocycles. The maximum Gasteiger partial charge on any atom is 0.319 e. The smallest absolute Gasteiger partial charge is 0.319 e. The Balaban J connectivity index is 1.72. The highest BCUT2D eigenvalue weighted by Gasteiger charge is 2.42. The van der Waals surface area contributed by atoms with Crippen molar-refractivity contribution < 1.29 is 14.3 Å². The molecule has 0 unspecified atom stereocenters. The van der Waals surface area contributed by atoms with Crippen molar-refractivity contribution in [2.75, 3.05) is 19.1 Å². The van der Waals surface area contributed by atoms with Crippen LogP contribution in [0.2, 0.25) is 5.02 Å². The van der Waals surface area contributed by atoms with Crippen molar-refractivity contribution in [2.24, 2.45) is 14.1 Å². The summed E-state index contributed by atoms with van der Waals surface area (Å²) in [6, 6.07) is 10.7. The summed E-state index contributed by atoms with van der Waals surface area (Å²) in [6.45, 7) is 1.74. The van der Waals surface area contributed by atoms with Crippen LogP contribution in [0.4, 0.5) is 5.69 Å². The highest BCUT2D eigenvalue weighted by Crippen LogP contribution is 2.45. The highest BCUT2D eigenvalue weighted by molar-refractivity contribution is 6.30. The minimum atomic E-state index is -0.453. The summed E-state index contributed by atoms with van der Waals surface area (Å²) in [4.78, 5) is 36.5. The van der Waals surface area contributed by atoms with Gasteiger partial charge >= 0.3 is 6.01 Å². The van der Waals surface area contributed by atoms with Crippen molar-refractivity contribution in [1.29, 1.82) is 0 Å². The molecule has 5 rings (SSSR count). The number of benzene rings is 1. The fraction of sp³-hybridized carbons (Fsp3) is 0.231. The van der Waals surface area contributed by atoms with Crippen LogP contribution in [-0.4, -0.2) is 39.2 Å². The molecule has 10 heteroatoms. The number of methoxy groups -OCH3 is 2. The van der Waals surface area contributed by atoms with Crippen LogP contribution in [0.5, 0.6) is 11.9 Å². The molecule has 1 aliphatic rings. The minimum absolute atomic E-state index is 0.111. The van der Waals surface area contributed by atoms with Crippen LogP contribution in [0.1, 0.15) is 33.2 Å². The van der Waals surface area contributed by atoms with Gasteiger partial charge < -0.3 is 18.6 Å². The lowest BCUT2D eigenvalue weighted by Crippen LogP contribution is -2.31. The number of amides is 1. The van der Waals surface area contributed by atoms with Crippen molar-refractivity contribution >= 4 is 23.2 Å². The number of fused-ring (bicyclic) bond motifs is 1. The second kappa shape index (κ2) is 8.83. The fourth-order valence-corrected chi connectivity index (χ4v) is 4.86. The lowest BCUT2D eigenvalue weighted by molar-refractivity contribution is 0.0993. The molecular formula is C26H24ClN5O4. The van der Waals surface area contributed by atoms with E-state index in [1.54, 1.807) is 49.5 Å². The number of aryl methyl sites for hydroxylation is 2. The van der Waals surface area contributed by atoms with Crippen molar-refractivity contribution in [2.45, 2.75) is 13.0 Å². The zero-order valence-electron chi connectivity index (χ0n) is 20.4. The Morgan fingerprint density at radius 3 is 2.36 bits per heavy atom. The third kappa shape index (κ3) is 3.63. The monoisotopic (exact) mass is 505 g/mol. The van der Waals surface area contributed by atoms with Gasteiger partial charge in [-0.05, 0) is 36.8 Å². The molecule has 4 heterocycles. The summed E-state index contributed by atoms with van der Waals surface area (Å²) in [7, 11) is 6.57. The molecule has 9 nitrogen and oxygen atoms in total. The lowest BCUT2D eigenvalue weighted by atomic mass is 10.0. The summed E-state index contributed by atoms with van der Waals surface area (Å²) in [5.74, 6) is 0.153. The molecule has 0 bridgehead atoms. The van der Waals surface area contributed by atoms with Crippen molar-refractivity contribution in [1.82, 2.24) is 19.1 Å². The van der Waals surface area contributed by atoms with Gasteiger partial charge in [0.15, 0.2) is 0 Å². The maximum atomic E-state index is 13.9. The highest BCUT2D eigenvalue weighted by atomic mass is 35.5. The number of rotatable bonds is 5. The van der Waals surface area contributed by atoms with Gasteiger partial charge in [-0.3, -0.25) is 14.5 Å². The van der Waals surface area contributed by atoms with Gasteiger partial charge in [-0.1, -0.05) is 23.7 Å². The maximum absolute atomic E-state index is 13.9. The average Bonchev–Trinajstić information content (AvgIpc) is 3.36. The Bertz CT molecular complexity index is 1530. The van der Waals surface area contributed by atoms with Crippen LogP contribution in [0, 0.1) is 6.92 Å². The number of pyridine rings is 1. The standard InChI is InChI=1S/C26H24ClN5O4/c1-14-10-17(13-30(2)24(14)33)32-21(15-6-8-16(27)9-7-15)22-18(25(32)34)11-20(31(22)3)19-12-28-26(36-5)29-23(19)35-4/h6-13,21H,1-5H3/t21-/m0/s1. The van der Waals surface area contributed by atoms with E-state index in [0.29, 0.717) is 33.3 Å². The molecule has 0 saturated carbocycles. The SMILES string of the molecule is COc1ncc(-c2cc3c(n2C)[C@H](c2ccc(Cl)cc2)N(c2cc(C)c(=O)n(C)c2)C3=O)c(OC)n1. The summed E-state index contributed by atoms with van der Waals surface area (Å²) >= 11 is 6.17. The van der Waals surface area contributed by atoms with Gasteiger partial charge in [-0.25, -0.2) is 4.98 Å². The van der Waals surface area contributed by atoms with Crippen molar-refractivity contribution in [3.05, 3.63) is 86.6 Å². The van der Waals surface area contributed by atoms with E-state index in [1.807, 2.05) is 29.8 Å². The van der Waals surface area contributed by atoms with E-state index >= 15 is 0 Å². The number of carbonyl (C=O) groups excluding carboxylic acids is 1. The predicted molar refractivity (Wildman–Crippen MR) is 136 cm³/mol. The molecule has 0 saturated heterocycles. The molecule has 0 aliphatic carbocycles. The quantitative estimate of drug-likeness (QED) is 0.408. The molecule has 0 fully saturated rings. The van der Waals surface area contributed by atoms with E-state index in [0.717, 1.165) is 17.0 Å². The Morgan fingerprint density at radius 1 is 1.00 bits per heavy atom. The number of ether oxygens (including phenoxy) is 2. The van der Waals surface area contributed by atoms with Crippen LogP contribution < -0.4 is 19.9 Å². The second-order valence-electron chi connectivity index (χ2n) is 8.59. The summed E-state index contributed by atoms with van der Waals surface area (Å²) in [5, 5.41) is 0.598. The summed E-state index contributed by atoms with van der Waals surface area (Å²) in [5.41, 5.74) is 4.63. The first kappa shape index (κ1) is 23.6. The van der Waals surface area contributed by atoms with Gasteiger partial charge in [0.2, 0.25) is 5.88 Å². The van der Waals surface area contributed by atoms with Crippen LogP contribution in [0.15, 0.2) is 53.6 Å². The number of nitrogens with zero attached hydrogens (tertiary/aromatic N) is 5. The first-order valence-corrected chi connectivity index (χ1v) is 11.5. The zero-order chi connectivity index (χ0) is 25.7. The minimum Gasteiger partial charge on any atom is -0.480 e. The third-order valence-corrected chi connectivity index (χ3v) is 6.69. The first-order chi connectivity index (χ1) is 17.2. The first-order valence-electron chi connectivity index (χ1n) is 11.2. The Labute approximate surface area is 212 Å². The largest absolute Gasteiger partial charge is 0.480 e. The number of anilines is 1. The van der Waals surface area contributed by atoms with E-state index in [9.17, 15) is 9.59 Å². The van der Waals surface area contributed by atoms with Crippen molar-refractivity contribution in [3.8, 4) is 23.1 Å². The summed E-state index contributed by atoms with van der Waals surface area (Å²) in [6.07, 6.45) is 3.30. The van der Waals surface area contributed by atoms with E-state index in [2.05, 4.69) is 9.97 Å². The molecule has 184 valence electrons. The second-order valence-corrected chi connectivity index (χ2v) is 9.03. The molecule has 0 N–H and O–H groups in total.